The molecule has 0 bridgehead atoms. The zero-order valence-corrected chi connectivity index (χ0v) is 9.67. The van der Waals surface area contributed by atoms with Gasteiger partial charge in [-0.25, -0.2) is 4.39 Å². The minimum Gasteiger partial charge on any atom is -0.399 e. The molecule has 6 heteroatoms. The number of nitrogen functional groups attached to an aromatic ring is 1. The normalized spacial score (nSPS) is 18.1. The molecule has 18 heavy (non-hydrogen) atoms. The molecule has 1 saturated heterocycles. The molecule has 1 heterocycles. The van der Waals surface area contributed by atoms with Crippen LogP contribution >= 0.6 is 0 Å². The highest BCUT2D eigenvalue weighted by Crippen LogP contribution is 2.35. The first kappa shape index (κ1) is 13.0. The van der Waals surface area contributed by atoms with Gasteiger partial charge in [-0.2, -0.15) is 13.2 Å². The Morgan fingerprint density at radius 2 is 1.78 bits per heavy atom. The summed E-state index contributed by atoms with van der Waals surface area (Å²) < 4.78 is 51.1. The van der Waals surface area contributed by atoms with Crippen molar-refractivity contribution in [2.45, 2.75) is 19.0 Å². The second kappa shape index (κ2) is 4.66. The molecular weight excluding hydrogens is 248 g/mol. The summed E-state index contributed by atoms with van der Waals surface area (Å²) in [4.78, 5) is 1.64. The Hall–Kier alpha value is -1.46. The molecule has 1 aromatic rings. The molecule has 0 radical (unpaired) electrons. The summed E-state index contributed by atoms with van der Waals surface area (Å²) in [5, 5.41) is 0. The number of halogens is 4. The van der Waals surface area contributed by atoms with Gasteiger partial charge in [0.25, 0.3) is 0 Å². The number of rotatable bonds is 1. The molecule has 0 amide bonds. The zero-order chi connectivity index (χ0) is 13.3. The van der Waals surface area contributed by atoms with Gasteiger partial charge in [0, 0.05) is 18.8 Å². The predicted octanol–water partition coefficient (Wildman–Crippen LogP) is 3.19. The lowest BCUT2D eigenvalue weighted by molar-refractivity contribution is -0.179. The van der Waals surface area contributed by atoms with E-state index in [1.807, 2.05) is 0 Å². The third-order valence-electron chi connectivity index (χ3n) is 3.27. The fourth-order valence-corrected chi connectivity index (χ4v) is 2.23. The first-order chi connectivity index (χ1) is 8.38. The molecule has 2 rings (SSSR count). The largest absolute Gasteiger partial charge is 0.399 e. The maximum atomic E-state index is 13.6. The molecule has 100 valence electrons. The number of piperidine rings is 1. The molecule has 0 spiro atoms. The Bertz CT molecular complexity index is 423. The van der Waals surface area contributed by atoms with Crippen molar-refractivity contribution in [2.24, 2.45) is 5.92 Å². The van der Waals surface area contributed by atoms with E-state index >= 15 is 0 Å². The second-order valence-corrected chi connectivity index (χ2v) is 4.51. The van der Waals surface area contributed by atoms with E-state index < -0.39 is 17.9 Å². The Morgan fingerprint density at radius 1 is 1.17 bits per heavy atom. The minimum atomic E-state index is -4.15. The molecule has 0 atom stereocenters. The zero-order valence-electron chi connectivity index (χ0n) is 9.67. The molecule has 2 nitrogen and oxygen atoms in total. The van der Waals surface area contributed by atoms with E-state index in [2.05, 4.69) is 0 Å². The summed E-state index contributed by atoms with van der Waals surface area (Å²) in [6.45, 7) is 0.427. The van der Waals surface area contributed by atoms with Gasteiger partial charge in [-0.15, -0.1) is 0 Å². The molecule has 1 aliphatic heterocycles. The van der Waals surface area contributed by atoms with Gasteiger partial charge in [-0.3, -0.25) is 0 Å². The lowest BCUT2D eigenvalue weighted by Gasteiger charge is -2.34. The fourth-order valence-electron chi connectivity index (χ4n) is 2.23. The number of alkyl halides is 3. The summed E-state index contributed by atoms with van der Waals surface area (Å²) in [5.74, 6) is -1.76. The maximum absolute atomic E-state index is 13.6. The summed E-state index contributed by atoms with van der Waals surface area (Å²) in [6, 6.07) is 4.25. The van der Waals surface area contributed by atoms with Crippen LogP contribution in [0.1, 0.15) is 12.8 Å². The minimum absolute atomic E-state index is 0.00726. The number of hydrogen-bond acceptors (Lipinski definition) is 2. The van der Waals surface area contributed by atoms with Gasteiger partial charge in [-0.1, -0.05) is 0 Å². The number of hydrogen-bond donors (Lipinski definition) is 1. The Labute approximate surface area is 102 Å². The van der Waals surface area contributed by atoms with E-state index in [0.29, 0.717) is 11.4 Å². The first-order valence-electron chi connectivity index (χ1n) is 5.74. The van der Waals surface area contributed by atoms with Crippen LogP contribution in [-0.2, 0) is 0 Å². The summed E-state index contributed by atoms with van der Waals surface area (Å²) in [5.41, 5.74) is 6.06. The van der Waals surface area contributed by atoms with Gasteiger partial charge >= 0.3 is 6.18 Å². The van der Waals surface area contributed by atoms with Crippen LogP contribution in [0.4, 0.5) is 28.9 Å². The van der Waals surface area contributed by atoms with E-state index in [-0.39, 0.29) is 25.9 Å². The van der Waals surface area contributed by atoms with Crippen molar-refractivity contribution < 1.29 is 17.6 Å². The second-order valence-electron chi connectivity index (χ2n) is 4.51. The van der Waals surface area contributed by atoms with Crippen molar-refractivity contribution in [1.29, 1.82) is 0 Å². The van der Waals surface area contributed by atoms with Crippen LogP contribution in [0.2, 0.25) is 0 Å². The highest BCUT2D eigenvalue weighted by atomic mass is 19.4. The van der Waals surface area contributed by atoms with Crippen LogP contribution in [-0.4, -0.2) is 19.3 Å². The highest BCUT2D eigenvalue weighted by Gasteiger charge is 2.41. The number of nitrogens with zero attached hydrogens (tertiary/aromatic N) is 1. The van der Waals surface area contributed by atoms with Crippen LogP contribution < -0.4 is 10.6 Å². The predicted molar refractivity (Wildman–Crippen MR) is 61.8 cm³/mol. The highest BCUT2D eigenvalue weighted by molar-refractivity contribution is 5.54. The molecule has 0 unspecified atom stereocenters. The molecule has 1 aromatic carbocycles. The third-order valence-corrected chi connectivity index (χ3v) is 3.27. The Kier molecular flexibility index (Phi) is 3.36. The molecule has 0 aromatic heterocycles. The number of anilines is 2. The molecule has 1 aliphatic rings. The van der Waals surface area contributed by atoms with Gasteiger partial charge in [-0.05, 0) is 31.0 Å². The lowest BCUT2D eigenvalue weighted by atomic mass is 9.96. The van der Waals surface area contributed by atoms with Crippen molar-refractivity contribution in [1.82, 2.24) is 0 Å². The molecule has 1 fully saturated rings. The molecule has 0 saturated carbocycles. The van der Waals surface area contributed by atoms with E-state index in [1.165, 1.54) is 12.1 Å². The van der Waals surface area contributed by atoms with E-state index in [4.69, 9.17) is 5.73 Å². The van der Waals surface area contributed by atoms with Crippen molar-refractivity contribution in [3.8, 4) is 0 Å². The lowest BCUT2D eigenvalue weighted by Crippen LogP contribution is -2.39. The van der Waals surface area contributed by atoms with Crippen LogP contribution in [0, 0.1) is 11.7 Å². The smallest absolute Gasteiger partial charge is 0.391 e. The van der Waals surface area contributed by atoms with Crippen LogP contribution in [0.15, 0.2) is 18.2 Å². The Balaban J connectivity index is 2.06. The van der Waals surface area contributed by atoms with Gasteiger partial charge in [0.15, 0.2) is 0 Å². The van der Waals surface area contributed by atoms with Crippen molar-refractivity contribution in [2.75, 3.05) is 23.7 Å². The van der Waals surface area contributed by atoms with Crippen LogP contribution in [0.25, 0.3) is 0 Å². The van der Waals surface area contributed by atoms with Crippen LogP contribution in [0.3, 0.4) is 0 Å². The Morgan fingerprint density at radius 3 is 2.28 bits per heavy atom. The van der Waals surface area contributed by atoms with E-state index in [1.54, 1.807) is 11.0 Å². The fraction of sp³-hybridized carbons (Fsp3) is 0.500. The van der Waals surface area contributed by atoms with Gasteiger partial charge in [0.2, 0.25) is 0 Å². The van der Waals surface area contributed by atoms with Gasteiger partial charge < -0.3 is 10.6 Å². The van der Waals surface area contributed by atoms with Crippen molar-refractivity contribution in [3.63, 3.8) is 0 Å². The SMILES string of the molecule is Nc1ccc(N2CCC(C(F)(F)F)CC2)c(F)c1. The number of benzene rings is 1. The molecular formula is C12H14F4N2. The van der Waals surface area contributed by atoms with Crippen LogP contribution in [0.5, 0.6) is 0 Å². The quantitative estimate of drug-likeness (QED) is 0.622. The standard InChI is InChI=1S/C12H14F4N2/c13-10-7-9(17)1-2-11(10)18-5-3-8(4-6-18)12(14,15)16/h1-2,7-8H,3-6,17H2. The first-order valence-corrected chi connectivity index (χ1v) is 5.74. The average molecular weight is 262 g/mol. The van der Waals surface area contributed by atoms with Gasteiger partial charge in [0.05, 0.1) is 11.6 Å². The number of nitrogens with two attached hydrogens (primary N) is 1. The summed E-state index contributed by atoms with van der Waals surface area (Å²) >= 11 is 0. The average Bonchev–Trinajstić information content (AvgIpc) is 2.28. The summed E-state index contributed by atoms with van der Waals surface area (Å²) in [7, 11) is 0. The molecule has 2 N–H and O–H groups in total. The van der Waals surface area contributed by atoms with E-state index in [9.17, 15) is 17.6 Å². The summed E-state index contributed by atoms with van der Waals surface area (Å²) in [6.07, 6.45) is -4.13. The monoisotopic (exact) mass is 262 g/mol. The van der Waals surface area contributed by atoms with Crippen molar-refractivity contribution >= 4 is 11.4 Å². The maximum Gasteiger partial charge on any atom is 0.391 e. The third kappa shape index (κ3) is 2.68. The molecule has 0 aliphatic carbocycles. The van der Waals surface area contributed by atoms with E-state index in [0.717, 1.165) is 0 Å². The van der Waals surface area contributed by atoms with Gasteiger partial charge in [0.1, 0.15) is 5.82 Å². The topological polar surface area (TPSA) is 29.3 Å². The van der Waals surface area contributed by atoms with Crippen molar-refractivity contribution in [3.05, 3.63) is 24.0 Å².